The fourth-order valence-electron chi connectivity index (χ4n) is 1.97. The predicted molar refractivity (Wildman–Crippen MR) is 74.7 cm³/mol. The summed E-state index contributed by atoms with van der Waals surface area (Å²) < 4.78 is 1.71. The number of amides is 1. The molecule has 1 aromatic carbocycles. The van der Waals surface area contributed by atoms with Gasteiger partial charge in [-0.25, -0.2) is 4.68 Å². The zero-order chi connectivity index (χ0) is 13.4. The number of anilines is 1. The average molecular weight is 276 g/mol. The Bertz CT molecular complexity index is 631. The minimum absolute atomic E-state index is 0.0724. The van der Waals surface area contributed by atoms with Crippen molar-refractivity contribution in [2.75, 3.05) is 5.32 Å². The molecule has 1 heterocycles. The molecule has 1 fully saturated rings. The summed E-state index contributed by atoms with van der Waals surface area (Å²) in [6, 6.07) is 9.26. The van der Waals surface area contributed by atoms with E-state index in [1.165, 1.54) is 0 Å². The van der Waals surface area contributed by atoms with E-state index < -0.39 is 0 Å². The molecule has 0 atom stereocenters. The van der Waals surface area contributed by atoms with Crippen molar-refractivity contribution in [3.8, 4) is 5.69 Å². The van der Waals surface area contributed by atoms with Gasteiger partial charge in [0.2, 0.25) is 5.91 Å². The maximum Gasteiger partial charge on any atom is 0.228 e. The minimum Gasteiger partial charge on any atom is -0.310 e. The molecule has 0 spiro atoms. The molecule has 3 rings (SSSR count). The zero-order valence-corrected chi connectivity index (χ0v) is 11.3. The molecule has 1 aliphatic rings. The first-order chi connectivity index (χ1) is 9.13. The van der Waals surface area contributed by atoms with Crippen molar-refractivity contribution in [3.63, 3.8) is 0 Å². The van der Waals surface area contributed by atoms with Gasteiger partial charge in [0.15, 0.2) is 0 Å². The summed E-state index contributed by atoms with van der Waals surface area (Å²) in [5, 5.41) is 7.97. The number of hydrogen-bond acceptors (Lipinski definition) is 2. The average Bonchev–Trinajstić information content (AvgIpc) is 3.14. The molecular weight excluding hydrogens is 262 g/mol. The zero-order valence-electron chi connectivity index (χ0n) is 10.6. The standard InChI is InChI=1S/C14H14ClN3O/c1-9-7-13(16-14(19)10-5-6-10)18(17-9)12-4-2-3-11(15)8-12/h2-4,7-8,10H,5-6H2,1H3,(H,16,19). The van der Waals surface area contributed by atoms with E-state index in [9.17, 15) is 4.79 Å². The van der Waals surface area contributed by atoms with E-state index in [0.717, 1.165) is 24.2 Å². The van der Waals surface area contributed by atoms with Crippen LogP contribution in [0.4, 0.5) is 5.82 Å². The number of carbonyl (C=O) groups is 1. The maximum atomic E-state index is 11.9. The summed E-state index contributed by atoms with van der Waals surface area (Å²) in [6.07, 6.45) is 1.96. The molecule has 4 nitrogen and oxygen atoms in total. The molecule has 19 heavy (non-hydrogen) atoms. The van der Waals surface area contributed by atoms with E-state index in [0.29, 0.717) is 10.8 Å². The second-order valence-electron chi connectivity index (χ2n) is 4.83. The van der Waals surface area contributed by atoms with E-state index in [2.05, 4.69) is 10.4 Å². The Hall–Kier alpha value is -1.81. The molecule has 1 saturated carbocycles. The normalized spacial score (nSPS) is 14.4. The van der Waals surface area contributed by atoms with E-state index >= 15 is 0 Å². The largest absolute Gasteiger partial charge is 0.310 e. The van der Waals surface area contributed by atoms with Crippen LogP contribution in [0.25, 0.3) is 5.69 Å². The van der Waals surface area contributed by atoms with E-state index in [4.69, 9.17) is 11.6 Å². The van der Waals surface area contributed by atoms with Crippen LogP contribution in [0, 0.1) is 12.8 Å². The lowest BCUT2D eigenvalue weighted by atomic mass is 10.3. The van der Waals surface area contributed by atoms with Gasteiger partial charge in [0, 0.05) is 17.0 Å². The van der Waals surface area contributed by atoms with Crippen LogP contribution in [-0.2, 0) is 4.79 Å². The fourth-order valence-corrected chi connectivity index (χ4v) is 2.15. The van der Waals surface area contributed by atoms with Crippen LogP contribution in [0.2, 0.25) is 5.02 Å². The molecule has 1 aromatic heterocycles. The van der Waals surface area contributed by atoms with Gasteiger partial charge in [-0.05, 0) is 38.0 Å². The number of benzene rings is 1. The SMILES string of the molecule is Cc1cc(NC(=O)C2CC2)n(-c2cccc(Cl)c2)n1. The second kappa shape index (κ2) is 4.70. The summed E-state index contributed by atoms with van der Waals surface area (Å²) >= 11 is 5.99. The Balaban J connectivity index is 1.94. The highest BCUT2D eigenvalue weighted by Crippen LogP contribution is 2.30. The Morgan fingerprint density at radius 1 is 1.42 bits per heavy atom. The van der Waals surface area contributed by atoms with Crippen molar-refractivity contribution in [3.05, 3.63) is 41.0 Å². The van der Waals surface area contributed by atoms with Crippen LogP contribution in [0.3, 0.4) is 0 Å². The van der Waals surface area contributed by atoms with Gasteiger partial charge in [0.1, 0.15) is 5.82 Å². The van der Waals surface area contributed by atoms with Gasteiger partial charge >= 0.3 is 0 Å². The maximum absolute atomic E-state index is 11.9. The summed E-state index contributed by atoms with van der Waals surface area (Å²) in [5.74, 6) is 0.933. The number of aryl methyl sites for hydroxylation is 1. The van der Waals surface area contributed by atoms with Gasteiger partial charge < -0.3 is 5.32 Å². The van der Waals surface area contributed by atoms with E-state index in [-0.39, 0.29) is 11.8 Å². The summed E-state index contributed by atoms with van der Waals surface area (Å²) in [5.41, 5.74) is 1.69. The van der Waals surface area contributed by atoms with Gasteiger partial charge in [0.25, 0.3) is 0 Å². The first-order valence-electron chi connectivity index (χ1n) is 6.27. The predicted octanol–water partition coefficient (Wildman–Crippen LogP) is 3.18. The highest BCUT2D eigenvalue weighted by Gasteiger charge is 2.30. The van der Waals surface area contributed by atoms with Crippen molar-refractivity contribution in [1.29, 1.82) is 0 Å². The monoisotopic (exact) mass is 275 g/mol. The lowest BCUT2D eigenvalue weighted by Gasteiger charge is -2.08. The highest BCUT2D eigenvalue weighted by molar-refractivity contribution is 6.30. The first-order valence-corrected chi connectivity index (χ1v) is 6.65. The smallest absolute Gasteiger partial charge is 0.228 e. The van der Waals surface area contributed by atoms with Crippen LogP contribution in [0.15, 0.2) is 30.3 Å². The molecule has 0 unspecified atom stereocenters. The van der Waals surface area contributed by atoms with Crippen LogP contribution in [-0.4, -0.2) is 15.7 Å². The summed E-state index contributed by atoms with van der Waals surface area (Å²) in [6.45, 7) is 1.90. The van der Waals surface area contributed by atoms with Gasteiger partial charge in [-0.1, -0.05) is 17.7 Å². The Kier molecular flexibility index (Phi) is 3.03. The van der Waals surface area contributed by atoms with Crippen molar-refractivity contribution in [2.45, 2.75) is 19.8 Å². The fraction of sp³-hybridized carbons (Fsp3) is 0.286. The summed E-state index contributed by atoms with van der Waals surface area (Å²) in [4.78, 5) is 11.9. The lowest BCUT2D eigenvalue weighted by Crippen LogP contribution is -2.16. The number of halogens is 1. The van der Waals surface area contributed by atoms with Crippen LogP contribution >= 0.6 is 11.6 Å². The van der Waals surface area contributed by atoms with Gasteiger partial charge in [-0.15, -0.1) is 0 Å². The van der Waals surface area contributed by atoms with Crippen molar-refractivity contribution in [2.24, 2.45) is 5.92 Å². The van der Waals surface area contributed by atoms with Crippen LogP contribution < -0.4 is 5.32 Å². The van der Waals surface area contributed by atoms with Gasteiger partial charge in [-0.2, -0.15) is 5.10 Å². The first kappa shape index (κ1) is 12.2. The molecule has 98 valence electrons. The van der Waals surface area contributed by atoms with Gasteiger partial charge in [0.05, 0.1) is 11.4 Å². The lowest BCUT2D eigenvalue weighted by molar-refractivity contribution is -0.117. The van der Waals surface area contributed by atoms with E-state index in [1.807, 2.05) is 37.3 Å². The third-order valence-corrected chi connectivity index (χ3v) is 3.32. The third kappa shape index (κ3) is 2.63. The quantitative estimate of drug-likeness (QED) is 0.935. The molecule has 0 radical (unpaired) electrons. The Morgan fingerprint density at radius 3 is 2.89 bits per heavy atom. The number of aromatic nitrogens is 2. The van der Waals surface area contributed by atoms with E-state index in [1.54, 1.807) is 4.68 Å². The van der Waals surface area contributed by atoms with Crippen molar-refractivity contribution < 1.29 is 4.79 Å². The highest BCUT2D eigenvalue weighted by atomic mass is 35.5. The molecular formula is C14H14ClN3O. The van der Waals surface area contributed by atoms with Crippen LogP contribution in [0.1, 0.15) is 18.5 Å². The Labute approximate surface area is 116 Å². The minimum atomic E-state index is 0.0724. The molecule has 0 aliphatic heterocycles. The molecule has 1 aliphatic carbocycles. The number of nitrogens with one attached hydrogen (secondary N) is 1. The topological polar surface area (TPSA) is 46.9 Å². The molecule has 0 saturated heterocycles. The van der Waals surface area contributed by atoms with Crippen molar-refractivity contribution in [1.82, 2.24) is 9.78 Å². The second-order valence-corrected chi connectivity index (χ2v) is 5.26. The van der Waals surface area contributed by atoms with Crippen molar-refractivity contribution >= 4 is 23.3 Å². The third-order valence-electron chi connectivity index (χ3n) is 3.08. The molecule has 2 aromatic rings. The molecule has 5 heteroatoms. The van der Waals surface area contributed by atoms with Gasteiger partial charge in [-0.3, -0.25) is 4.79 Å². The number of carbonyl (C=O) groups excluding carboxylic acids is 1. The number of rotatable bonds is 3. The summed E-state index contributed by atoms with van der Waals surface area (Å²) in [7, 11) is 0. The Morgan fingerprint density at radius 2 is 2.21 bits per heavy atom. The van der Waals surface area contributed by atoms with Crippen LogP contribution in [0.5, 0.6) is 0 Å². The number of hydrogen-bond donors (Lipinski definition) is 1. The molecule has 1 amide bonds. The number of nitrogens with zero attached hydrogens (tertiary/aromatic N) is 2. The molecule has 0 bridgehead atoms. The molecule has 1 N–H and O–H groups in total.